The zero-order valence-corrected chi connectivity index (χ0v) is 16.5. The van der Waals surface area contributed by atoms with E-state index in [0.717, 1.165) is 22.9 Å². The Morgan fingerprint density at radius 2 is 2.00 bits per heavy atom. The lowest BCUT2D eigenvalue weighted by Crippen LogP contribution is -2.50. The van der Waals surface area contributed by atoms with E-state index in [1.807, 2.05) is 24.3 Å². The predicted molar refractivity (Wildman–Crippen MR) is 103 cm³/mol. The first-order valence-electron chi connectivity index (χ1n) is 8.83. The van der Waals surface area contributed by atoms with Gasteiger partial charge in [-0.05, 0) is 32.3 Å². The Kier molecular flexibility index (Phi) is 6.34. The van der Waals surface area contributed by atoms with E-state index in [0.29, 0.717) is 18.0 Å². The molecule has 0 spiro atoms. The number of hydrogen-bond donors (Lipinski definition) is 0. The third-order valence-electron chi connectivity index (χ3n) is 4.43. The number of amides is 1. The number of piperidine rings is 1. The summed E-state index contributed by atoms with van der Waals surface area (Å²) in [6.07, 6.45) is 2.21. The molecule has 2 heterocycles. The molecule has 8 heteroatoms. The van der Waals surface area contributed by atoms with E-state index in [2.05, 4.69) is 0 Å². The Morgan fingerprint density at radius 1 is 1.22 bits per heavy atom. The number of carbonyl (C=O) groups is 3. The number of nitrogens with zero attached hydrogens (tertiary/aromatic N) is 1. The van der Waals surface area contributed by atoms with Gasteiger partial charge in [0.1, 0.15) is 10.9 Å². The van der Waals surface area contributed by atoms with Crippen molar-refractivity contribution in [1.82, 2.24) is 4.90 Å². The van der Waals surface area contributed by atoms with E-state index in [1.165, 1.54) is 16.2 Å². The van der Waals surface area contributed by atoms with Crippen LogP contribution in [0.3, 0.4) is 0 Å². The average molecular weight is 410 g/mol. The van der Waals surface area contributed by atoms with Gasteiger partial charge in [0.2, 0.25) is 0 Å². The zero-order valence-electron chi connectivity index (χ0n) is 14.9. The number of likely N-dealkylation sites (tertiary alicyclic amines) is 1. The van der Waals surface area contributed by atoms with Gasteiger partial charge in [-0.1, -0.05) is 29.8 Å². The number of carbonyl (C=O) groups excluding carboxylic acids is 3. The van der Waals surface area contributed by atoms with Crippen molar-refractivity contribution in [2.24, 2.45) is 0 Å². The van der Waals surface area contributed by atoms with E-state index in [1.54, 1.807) is 6.92 Å². The number of fused-ring (bicyclic) bond motifs is 1. The number of rotatable bonds is 5. The molecule has 0 N–H and O–H groups in total. The van der Waals surface area contributed by atoms with E-state index in [4.69, 9.17) is 21.1 Å². The van der Waals surface area contributed by atoms with Crippen LogP contribution in [0.15, 0.2) is 24.3 Å². The van der Waals surface area contributed by atoms with Gasteiger partial charge in [0.25, 0.3) is 5.91 Å². The fourth-order valence-electron chi connectivity index (χ4n) is 3.13. The molecule has 1 aliphatic rings. The van der Waals surface area contributed by atoms with Gasteiger partial charge in [0, 0.05) is 16.6 Å². The number of hydrogen-bond acceptors (Lipinski definition) is 6. The molecule has 0 aliphatic carbocycles. The highest BCUT2D eigenvalue weighted by molar-refractivity contribution is 7.21. The summed E-state index contributed by atoms with van der Waals surface area (Å²) in [5.41, 5.74) is 0. The van der Waals surface area contributed by atoms with E-state index in [-0.39, 0.29) is 11.5 Å². The van der Waals surface area contributed by atoms with Crippen molar-refractivity contribution in [3.63, 3.8) is 0 Å². The molecule has 3 rings (SSSR count). The number of benzene rings is 1. The molecule has 1 fully saturated rings. The standard InChI is InChI=1S/C19H20ClNO5S/c1-2-25-18(23)13-8-5-6-10-21(13)15(22)11-26-19(24)17-16(20)12-7-3-4-9-14(12)27-17/h3-4,7,9,13H,2,5-6,8,10-11H2,1H3/t13-/m0/s1. The Balaban J connectivity index is 1.65. The summed E-state index contributed by atoms with van der Waals surface area (Å²) in [4.78, 5) is 38.7. The van der Waals surface area contributed by atoms with Gasteiger partial charge in [-0.15, -0.1) is 11.3 Å². The third-order valence-corrected chi connectivity index (χ3v) is 6.08. The third kappa shape index (κ3) is 4.25. The Labute approximate surface area is 166 Å². The van der Waals surface area contributed by atoms with Gasteiger partial charge in [0.05, 0.1) is 11.6 Å². The maximum atomic E-state index is 12.5. The quantitative estimate of drug-likeness (QED) is 0.704. The predicted octanol–water partition coefficient (Wildman–Crippen LogP) is 3.66. The molecule has 0 bridgehead atoms. The normalized spacial score (nSPS) is 17.0. The van der Waals surface area contributed by atoms with Gasteiger partial charge < -0.3 is 14.4 Å². The monoisotopic (exact) mass is 409 g/mol. The highest BCUT2D eigenvalue weighted by Gasteiger charge is 2.33. The van der Waals surface area contributed by atoms with Crippen molar-refractivity contribution in [3.8, 4) is 0 Å². The van der Waals surface area contributed by atoms with Gasteiger partial charge in [-0.3, -0.25) is 4.79 Å². The van der Waals surface area contributed by atoms with Crippen molar-refractivity contribution in [2.75, 3.05) is 19.8 Å². The lowest BCUT2D eigenvalue weighted by Gasteiger charge is -2.33. The maximum Gasteiger partial charge on any atom is 0.350 e. The fourth-order valence-corrected chi connectivity index (χ4v) is 4.54. The van der Waals surface area contributed by atoms with Crippen LogP contribution in [-0.2, 0) is 19.1 Å². The van der Waals surface area contributed by atoms with E-state index < -0.39 is 30.5 Å². The van der Waals surface area contributed by atoms with Crippen molar-refractivity contribution in [1.29, 1.82) is 0 Å². The first kappa shape index (κ1) is 19.6. The first-order chi connectivity index (χ1) is 13.0. The van der Waals surface area contributed by atoms with Gasteiger partial charge in [0.15, 0.2) is 6.61 Å². The number of ether oxygens (including phenoxy) is 2. The van der Waals surface area contributed by atoms with Gasteiger partial charge in [-0.2, -0.15) is 0 Å². The van der Waals surface area contributed by atoms with E-state index in [9.17, 15) is 14.4 Å². The van der Waals surface area contributed by atoms with Crippen LogP contribution < -0.4 is 0 Å². The molecule has 1 aromatic heterocycles. The lowest BCUT2D eigenvalue weighted by atomic mass is 10.0. The van der Waals surface area contributed by atoms with Crippen LogP contribution in [0, 0.1) is 0 Å². The highest BCUT2D eigenvalue weighted by atomic mass is 35.5. The van der Waals surface area contributed by atoms with Gasteiger partial charge in [-0.25, -0.2) is 9.59 Å². The summed E-state index contributed by atoms with van der Waals surface area (Å²) in [6, 6.07) is 6.78. The molecule has 0 radical (unpaired) electrons. The Morgan fingerprint density at radius 3 is 2.74 bits per heavy atom. The van der Waals surface area contributed by atoms with Crippen molar-refractivity contribution in [2.45, 2.75) is 32.2 Å². The lowest BCUT2D eigenvalue weighted by molar-refractivity contribution is -0.157. The average Bonchev–Trinajstić information content (AvgIpc) is 3.03. The minimum absolute atomic E-state index is 0.261. The summed E-state index contributed by atoms with van der Waals surface area (Å²) >= 11 is 7.49. The number of halogens is 1. The van der Waals surface area contributed by atoms with Crippen molar-refractivity contribution in [3.05, 3.63) is 34.2 Å². The summed E-state index contributed by atoms with van der Waals surface area (Å²) in [7, 11) is 0. The second kappa shape index (κ2) is 8.71. The summed E-state index contributed by atoms with van der Waals surface area (Å²) in [5, 5.41) is 1.11. The van der Waals surface area contributed by atoms with Crippen LogP contribution in [0.1, 0.15) is 35.9 Å². The second-order valence-corrected chi connectivity index (χ2v) is 7.60. The summed E-state index contributed by atoms with van der Waals surface area (Å²) in [6.45, 7) is 2.00. The smallest absolute Gasteiger partial charge is 0.350 e. The molecule has 27 heavy (non-hydrogen) atoms. The molecule has 144 valence electrons. The molecule has 6 nitrogen and oxygen atoms in total. The largest absolute Gasteiger partial charge is 0.464 e. The van der Waals surface area contributed by atoms with Crippen molar-refractivity contribution < 1.29 is 23.9 Å². The van der Waals surface area contributed by atoms with Crippen LogP contribution in [0.25, 0.3) is 10.1 Å². The molecule has 1 aliphatic heterocycles. The van der Waals surface area contributed by atoms with Crippen LogP contribution in [0.4, 0.5) is 0 Å². The zero-order chi connectivity index (χ0) is 19.4. The molecule has 1 atom stereocenters. The first-order valence-corrected chi connectivity index (χ1v) is 10.0. The number of thiophene rings is 1. The molecular weight excluding hydrogens is 390 g/mol. The van der Waals surface area contributed by atoms with Crippen LogP contribution in [-0.4, -0.2) is 48.5 Å². The van der Waals surface area contributed by atoms with Crippen molar-refractivity contribution >= 4 is 50.9 Å². The van der Waals surface area contributed by atoms with E-state index >= 15 is 0 Å². The number of esters is 2. The molecule has 1 saturated heterocycles. The van der Waals surface area contributed by atoms with Crippen LogP contribution in [0.5, 0.6) is 0 Å². The summed E-state index contributed by atoms with van der Waals surface area (Å²) in [5.74, 6) is -1.46. The highest BCUT2D eigenvalue weighted by Crippen LogP contribution is 2.35. The molecule has 1 amide bonds. The molecule has 1 aromatic carbocycles. The second-order valence-electron chi connectivity index (χ2n) is 6.17. The minimum atomic E-state index is -0.640. The molecular formula is C19H20ClNO5S. The topological polar surface area (TPSA) is 72.9 Å². The van der Waals surface area contributed by atoms with Crippen LogP contribution in [0.2, 0.25) is 5.02 Å². The van der Waals surface area contributed by atoms with Crippen LogP contribution >= 0.6 is 22.9 Å². The maximum absolute atomic E-state index is 12.5. The fraction of sp³-hybridized carbons (Fsp3) is 0.421. The van der Waals surface area contributed by atoms with Gasteiger partial charge >= 0.3 is 11.9 Å². The molecule has 2 aromatic rings. The molecule has 0 saturated carbocycles. The minimum Gasteiger partial charge on any atom is -0.464 e. The SMILES string of the molecule is CCOC(=O)[C@@H]1CCCCN1C(=O)COC(=O)c1sc2ccccc2c1Cl. The Hall–Kier alpha value is -2.12. The molecule has 0 unspecified atom stereocenters. The Bertz CT molecular complexity index is 865. The summed E-state index contributed by atoms with van der Waals surface area (Å²) < 4.78 is 11.1.